The fourth-order valence-electron chi connectivity index (χ4n) is 3.02. The first-order valence-corrected chi connectivity index (χ1v) is 6.83. The van der Waals surface area contributed by atoms with Crippen molar-refractivity contribution in [2.75, 3.05) is 6.61 Å². The summed E-state index contributed by atoms with van der Waals surface area (Å²) in [5.41, 5.74) is 2.16. The normalized spacial score (nSPS) is 33.2. The molecule has 1 heterocycles. The van der Waals surface area contributed by atoms with Crippen LogP contribution >= 0.6 is 0 Å². The zero-order valence-electron chi connectivity index (χ0n) is 11.0. The molecule has 3 rings (SSSR count). The zero-order valence-corrected chi connectivity index (χ0v) is 11.0. The van der Waals surface area contributed by atoms with Crippen LogP contribution in [0.3, 0.4) is 0 Å². The molecule has 1 aliphatic heterocycles. The summed E-state index contributed by atoms with van der Waals surface area (Å²) in [4.78, 5) is 12.2. The van der Waals surface area contributed by atoms with Crippen molar-refractivity contribution in [1.82, 2.24) is 5.32 Å². The predicted molar refractivity (Wildman–Crippen MR) is 70.6 cm³/mol. The summed E-state index contributed by atoms with van der Waals surface area (Å²) in [6.07, 6.45) is 0.993. The van der Waals surface area contributed by atoms with Crippen LogP contribution in [0.1, 0.15) is 30.5 Å². The van der Waals surface area contributed by atoms with E-state index in [0.717, 1.165) is 17.5 Å². The molecule has 1 fully saturated rings. The van der Waals surface area contributed by atoms with Gasteiger partial charge in [-0.05, 0) is 24.5 Å². The van der Waals surface area contributed by atoms with Crippen LogP contribution in [0, 0.1) is 5.92 Å². The molecule has 1 aliphatic carbocycles. The molecule has 19 heavy (non-hydrogen) atoms. The van der Waals surface area contributed by atoms with Gasteiger partial charge in [0.1, 0.15) is 0 Å². The van der Waals surface area contributed by atoms with Gasteiger partial charge in [0.15, 0.2) is 0 Å². The van der Waals surface area contributed by atoms with E-state index in [1.54, 1.807) is 0 Å². The van der Waals surface area contributed by atoms with E-state index in [4.69, 9.17) is 4.74 Å². The molecular weight excluding hydrogens is 242 g/mol. The Morgan fingerprint density at radius 3 is 2.95 bits per heavy atom. The minimum absolute atomic E-state index is 0.00916. The maximum absolute atomic E-state index is 12.2. The lowest BCUT2D eigenvalue weighted by Gasteiger charge is -2.19. The first kappa shape index (κ1) is 12.6. The fraction of sp³-hybridized carbons (Fsp3) is 0.533. The molecule has 0 bridgehead atoms. The Morgan fingerprint density at radius 1 is 1.42 bits per heavy atom. The lowest BCUT2D eigenvalue weighted by Crippen LogP contribution is -2.38. The monoisotopic (exact) mass is 261 g/mol. The maximum atomic E-state index is 12.2. The molecule has 1 amide bonds. The molecule has 1 aromatic carbocycles. The number of benzene rings is 1. The van der Waals surface area contributed by atoms with E-state index in [9.17, 15) is 9.90 Å². The number of hydrogen-bond acceptors (Lipinski definition) is 3. The van der Waals surface area contributed by atoms with Gasteiger partial charge in [0.05, 0.1) is 30.8 Å². The zero-order chi connectivity index (χ0) is 13.4. The number of hydrogen-bond donors (Lipinski definition) is 2. The third-order valence-corrected chi connectivity index (χ3v) is 4.07. The number of carbonyl (C=O) groups is 1. The quantitative estimate of drug-likeness (QED) is 0.840. The minimum atomic E-state index is -0.527. The summed E-state index contributed by atoms with van der Waals surface area (Å²) in [6, 6.07) is 7.61. The molecule has 1 saturated heterocycles. The molecule has 2 unspecified atom stereocenters. The number of carbonyl (C=O) groups excluding carboxylic acids is 1. The van der Waals surface area contributed by atoms with E-state index in [2.05, 4.69) is 5.32 Å². The first-order valence-electron chi connectivity index (χ1n) is 6.83. The second-order valence-electron chi connectivity index (χ2n) is 5.53. The fourth-order valence-corrected chi connectivity index (χ4v) is 3.02. The highest BCUT2D eigenvalue weighted by Gasteiger charge is 2.35. The number of amides is 1. The second kappa shape index (κ2) is 4.94. The van der Waals surface area contributed by atoms with Crippen LogP contribution in [0.4, 0.5) is 0 Å². The minimum Gasteiger partial charge on any atom is -0.390 e. The van der Waals surface area contributed by atoms with Crippen molar-refractivity contribution in [3.05, 3.63) is 35.4 Å². The standard InChI is InChI=1S/C15H19NO3/c1-9-6-11(8-19-9)15(18)16-14-12-5-3-2-4-10(12)7-13(14)17/h2-5,9,11,13-14,17H,6-8H2,1H3,(H,16,18)/t9?,11?,13-,14+/m0/s1. The van der Waals surface area contributed by atoms with Gasteiger partial charge in [-0.3, -0.25) is 4.79 Å². The number of aliphatic hydroxyl groups is 1. The molecule has 0 saturated carbocycles. The van der Waals surface area contributed by atoms with E-state index in [-0.39, 0.29) is 24.0 Å². The summed E-state index contributed by atoms with van der Waals surface area (Å²) in [6.45, 7) is 2.46. The third-order valence-electron chi connectivity index (χ3n) is 4.07. The number of ether oxygens (including phenoxy) is 1. The number of fused-ring (bicyclic) bond motifs is 1. The van der Waals surface area contributed by atoms with E-state index in [0.29, 0.717) is 13.0 Å². The molecule has 2 aliphatic rings. The average Bonchev–Trinajstić information content (AvgIpc) is 2.95. The van der Waals surface area contributed by atoms with Gasteiger partial charge < -0.3 is 15.2 Å². The Balaban J connectivity index is 1.71. The highest BCUT2D eigenvalue weighted by Crippen LogP contribution is 2.32. The van der Waals surface area contributed by atoms with Crippen molar-refractivity contribution < 1.29 is 14.6 Å². The van der Waals surface area contributed by atoms with Crippen LogP contribution in [-0.2, 0) is 16.0 Å². The molecule has 2 N–H and O–H groups in total. The predicted octanol–water partition coefficient (Wildman–Crippen LogP) is 1.19. The first-order chi connectivity index (χ1) is 9.15. The Labute approximate surface area is 112 Å². The number of nitrogens with one attached hydrogen (secondary N) is 1. The van der Waals surface area contributed by atoms with Gasteiger partial charge in [-0.15, -0.1) is 0 Å². The highest BCUT2D eigenvalue weighted by atomic mass is 16.5. The Kier molecular flexibility index (Phi) is 3.29. The molecule has 0 aromatic heterocycles. The van der Waals surface area contributed by atoms with Gasteiger partial charge in [0.2, 0.25) is 5.91 Å². The van der Waals surface area contributed by atoms with E-state index < -0.39 is 6.10 Å². The molecule has 1 aromatic rings. The highest BCUT2D eigenvalue weighted by molar-refractivity contribution is 5.79. The largest absolute Gasteiger partial charge is 0.390 e. The van der Waals surface area contributed by atoms with Crippen LogP contribution in [0.5, 0.6) is 0 Å². The number of aliphatic hydroxyl groups excluding tert-OH is 1. The summed E-state index contributed by atoms with van der Waals surface area (Å²) in [7, 11) is 0. The molecule has 102 valence electrons. The van der Waals surface area contributed by atoms with Crippen LogP contribution in [0.25, 0.3) is 0 Å². The van der Waals surface area contributed by atoms with Crippen molar-refractivity contribution in [2.24, 2.45) is 5.92 Å². The lowest BCUT2D eigenvalue weighted by atomic mass is 10.0. The smallest absolute Gasteiger partial charge is 0.226 e. The topological polar surface area (TPSA) is 58.6 Å². The van der Waals surface area contributed by atoms with E-state index >= 15 is 0 Å². The maximum Gasteiger partial charge on any atom is 0.226 e. The van der Waals surface area contributed by atoms with E-state index in [1.807, 2.05) is 31.2 Å². The van der Waals surface area contributed by atoms with Crippen LogP contribution in [0.15, 0.2) is 24.3 Å². The lowest BCUT2D eigenvalue weighted by molar-refractivity contribution is -0.126. The van der Waals surface area contributed by atoms with Gasteiger partial charge in [-0.2, -0.15) is 0 Å². The molecule has 0 spiro atoms. The van der Waals surface area contributed by atoms with Crippen molar-refractivity contribution in [3.63, 3.8) is 0 Å². The SMILES string of the molecule is CC1CC(C(=O)N[C@@H]2c3ccccc3C[C@@H]2O)CO1. The van der Waals surface area contributed by atoms with Crippen molar-refractivity contribution in [3.8, 4) is 0 Å². The Bertz CT molecular complexity index is 488. The molecule has 4 atom stereocenters. The van der Waals surface area contributed by atoms with Gasteiger partial charge in [-0.1, -0.05) is 24.3 Å². The molecular formula is C15H19NO3. The van der Waals surface area contributed by atoms with Gasteiger partial charge in [-0.25, -0.2) is 0 Å². The third kappa shape index (κ3) is 2.38. The van der Waals surface area contributed by atoms with Gasteiger partial charge in [0, 0.05) is 6.42 Å². The molecule has 0 radical (unpaired) electrons. The Morgan fingerprint density at radius 2 is 2.21 bits per heavy atom. The summed E-state index contributed by atoms with van der Waals surface area (Å²) in [5, 5.41) is 13.1. The summed E-state index contributed by atoms with van der Waals surface area (Å²) >= 11 is 0. The van der Waals surface area contributed by atoms with Crippen molar-refractivity contribution in [1.29, 1.82) is 0 Å². The summed E-state index contributed by atoms with van der Waals surface area (Å²) < 4.78 is 5.42. The van der Waals surface area contributed by atoms with Crippen LogP contribution in [0.2, 0.25) is 0 Å². The van der Waals surface area contributed by atoms with Crippen molar-refractivity contribution in [2.45, 2.75) is 38.0 Å². The van der Waals surface area contributed by atoms with E-state index in [1.165, 1.54) is 0 Å². The summed E-state index contributed by atoms with van der Waals surface area (Å²) in [5.74, 6) is -0.0972. The Hall–Kier alpha value is -1.39. The average molecular weight is 261 g/mol. The molecule has 4 heteroatoms. The van der Waals surface area contributed by atoms with Crippen molar-refractivity contribution >= 4 is 5.91 Å². The van der Waals surface area contributed by atoms with Gasteiger partial charge in [0.25, 0.3) is 0 Å². The van der Waals surface area contributed by atoms with Gasteiger partial charge >= 0.3 is 0 Å². The molecule has 4 nitrogen and oxygen atoms in total. The number of rotatable bonds is 2. The second-order valence-corrected chi connectivity index (χ2v) is 5.53. The van der Waals surface area contributed by atoms with Crippen LogP contribution in [-0.4, -0.2) is 29.8 Å². The van der Waals surface area contributed by atoms with Crippen LogP contribution < -0.4 is 5.32 Å².